The number of rotatable bonds is 6. The molecule has 2 amide bonds. The first-order valence-electron chi connectivity index (χ1n) is 6.35. The van der Waals surface area contributed by atoms with E-state index in [-0.39, 0.29) is 18.2 Å². The number of hydrogen-bond acceptors (Lipinski definition) is 3. The number of hydrogen-bond donors (Lipinski definition) is 0. The maximum absolute atomic E-state index is 12.3. The number of benzene rings is 1. The summed E-state index contributed by atoms with van der Waals surface area (Å²) >= 11 is 0. The van der Waals surface area contributed by atoms with E-state index < -0.39 is 10.8 Å². The Labute approximate surface area is 121 Å². The summed E-state index contributed by atoms with van der Waals surface area (Å²) in [7, 11) is 0.442. The van der Waals surface area contributed by atoms with Gasteiger partial charge in [-0.05, 0) is 11.6 Å². The Morgan fingerprint density at radius 2 is 2.00 bits per heavy atom. The molecule has 0 spiro atoms. The first kappa shape index (κ1) is 16.3. The van der Waals surface area contributed by atoms with Crippen LogP contribution < -0.4 is 0 Å². The van der Waals surface area contributed by atoms with Gasteiger partial charge in [-0.25, -0.2) is 0 Å². The summed E-state index contributed by atoms with van der Waals surface area (Å²) in [6.07, 6.45) is 1.58. The summed E-state index contributed by atoms with van der Waals surface area (Å²) in [6, 6.07) is 6.96. The molecule has 0 saturated heterocycles. The van der Waals surface area contributed by atoms with Gasteiger partial charge in [-0.15, -0.1) is 6.58 Å². The van der Waals surface area contributed by atoms with Crippen LogP contribution in [-0.4, -0.2) is 33.7 Å². The van der Waals surface area contributed by atoms with Gasteiger partial charge in [-0.2, -0.15) is 0 Å². The Balaban J connectivity index is 3.00. The van der Waals surface area contributed by atoms with E-state index in [9.17, 15) is 13.8 Å². The normalized spacial score (nSPS) is 11.7. The molecule has 0 saturated carbocycles. The van der Waals surface area contributed by atoms with E-state index in [4.69, 9.17) is 0 Å². The van der Waals surface area contributed by atoms with E-state index in [1.54, 1.807) is 24.3 Å². The van der Waals surface area contributed by atoms with Gasteiger partial charge in [0.1, 0.15) is 0 Å². The van der Waals surface area contributed by atoms with Crippen molar-refractivity contribution in [1.82, 2.24) is 4.90 Å². The number of imide groups is 1. The molecule has 20 heavy (non-hydrogen) atoms. The minimum Gasteiger partial charge on any atom is -0.281 e. The second kappa shape index (κ2) is 7.75. The van der Waals surface area contributed by atoms with Gasteiger partial charge >= 0.3 is 0 Å². The molecule has 1 aromatic carbocycles. The molecule has 0 N–H and O–H groups in total. The van der Waals surface area contributed by atoms with Crippen molar-refractivity contribution in [3.05, 3.63) is 48.0 Å². The number of carbonyl (C=O) groups excluding carboxylic acids is 2. The fourth-order valence-corrected chi connectivity index (χ4v) is 2.49. The van der Waals surface area contributed by atoms with Crippen LogP contribution in [0.25, 0.3) is 0 Å². The molecule has 0 bridgehead atoms. The lowest BCUT2D eigenvalue weighted by molar-refractivity contribution is -0.126. The molecule has 0 aliphatic heterocycles. The highest BCUT2D eigenvalue weighted by Gasteiger charge is 2.20. The van der Waals surface area contributed by atoms with Gasteiger partial charge in [-0.3, -0.25) is 18.7 Å². The third-order valence-electron chi connectivity index (χ3n) is 2.88. The standard InChI is InChI=1S/C15H19NO3S/c1-4-8-14(17)16(3)15(18)13-10-7-6-9-12(13)11-20(19)5-2/h4,6-7,9-10H,1,5,8,11H2,2-3H3. The second-order valence-corrected chi connectivity index (χ2v) is 6.03. The largest absolute Gasteiger partial charge is 0.281 e. The van der Waals surface area contributed by atoms with Gasteiger partial charge in [0.15, 0.2) is 0 Å². The van der Waals surface area contributed by atoms with Gasteiger partial charge in [0, 0.05) is 41.3 Å². The molecule has 0 aliphatic rings. The highest BCUT2D eigenvalue weighted by molar-refractivity contribution is 7.84. The van der Waals surface area contributed by atoms with Crippen molar-refractivity contribution >= 4 is 22.6 Å². The number of carbonyl (C=O) groups is 2. The van der Waals surface area contributed by atoms with Gasteiger partial charge in [0.05, 0.1) is 0 Å². The van der Waals surface area contributed by atoms with E-state index in [1.165, 1.54) is 13.1 Å². The molecule has 0 aliphatic carbocycles. The summed E-state index contributed by atoms with van der Waals surface area (Å²) in [6.45, 7) is 5.32. The molecule has 4 nitrogen and oxygen atoms in total. The van der Waals surface area contributed by atoms with Gasteiger partial charge in [0.25, 0.3) is 5.91 Å². The first-order chi connectivity index (χ1) is 9.51. The molecule has 0 fully saturated rings. The highest BCUT2D eigenvalue weighted by Crippen LogP contribution is 2.14. The molecule has 108 valence electrons. The molecule has 0 radical (unpaired) electrons. The quantitative estimate of drug-likeness (QED) is 0.755. The average molecular weight is 293 g/mol. The summed E-state index contributed by atoms with van der Waals surface area (Å²) in [5.74, 6) is 0.173. The molecule has 1 aromatic rings. The molecular weight excluding hydrogens is 274 g/mol. The molecule has 0 aromatic heterocycles. The van der Waals surface area contributed by atoms with Gasteiger partial charge < -0.3 is 0 Å². The first-order valence-corrected chi connectivity index (χ1v) is 7.84. The van der Waals surface area contributed by atoms with Crippen molar-refractivity contribution in [2.45, 2.75) is 19.1 Å². The van der Waals surface area contributed by atoms with Crippen LogP contribution in [0.3, 0.4) is 0 Å². The van der Waals surface area contributed by atoms with Crippen LogP contribution in [-0.2, 0) is 21.3 Å². The minimum atomic E-state index is -1.00. The molecule has 1 unspecified atom stereocenters. The Bertz CT molecular complexity index is 540. The molecular formula is C15H19NO3S. The Morgan fingerprint density at radius 1 is 1.35 bits per heavy atom. The molecule has 0 heterocycles. The Hall–Kier alpha value is -1.75. The smallest absolute Gasteiger partial charge is 0.260 e. The second-order valence-electron chi connectivity index (χ2n) is 4.28. The van der Waals surface area contributed by atoms with Crippen molar-refractivity contribution in [3.63, 3.8) is 0 Å². The molecule has 1 atom stereocenters. The lowest BCUT2D eigenvalue weighted by Gasteiger charge is -2.16. The number of amides is 2. The average Bonchev–Trinajstić information content (AvgIpc) is 2.46. The monoisotopic (exact) mass is 293 g/mol. The van der Waals surface area contributed by atoms with E-state index in [0.29, 0.717) is 22.6 Å². The predicted octanol–water partition coefficient (Wildman–Crippen LogP) is 2.13. The topological polar surface area (TPSA) is 54.5 Å². The van der Waals surface area contributed by atoms with Crippen LogP contribution in [0.15, 0.2) is 36.9 Å². The SMILES string of the molecule is C=CCC(=O)N(C)C(=O)c1ccccc1CS(=O)CC. The summed E-state index contributed by atoms with van der Waals surface area (Å²) in [4.78, 5) is 25.1. The molecule has 5 heteroatoms. The van der Waals surface area contributed by atoms with Gasteiger partial charge in [0.2, 0.25) is 5.91 Å². The van der Waals surface area contributed by atoms with Crippen LogP contribution >= 0.6 is 0 Å². The van der Waals surface area contributed by atoms with E-state index >= 15 is 0 Å². The van der Waals surface area contributed by atoms with Crippen molar-refractivity contribution < 1.29 is 13.8 Å². The van der Waals surface area contributed by atoms with Crippen LogP contribution in [0.2, 0.25) is 0 Å². The van der Waals surface area contributed by atoms with Crippen LogP contribution in [0.4, 0.5) is 0 Å². The van der Waals surface area contributed by atoms with Crippen molar-refractivity contribution in [1.29, 1.82) is 0 Å². The van der Waals surface area contributed by atoms with Crippen molar-refractivity contribution in [2.75, 3.05) is 12.8 Å². The van der Waals surface area contributed by atoms with Crippen LogP contribution in [0.5, 0.6) is 0 Å². The third-order valence-corrected chi connectivity index (χ3v) is 4.16. The van der Waals surface area contributed by atoms with Crippen LogP contribution in [0, 0.1) is 0 Å². The summed E-state index contributed by atoms with van der Waals surface area (Å²) in [5.41, 5.74) is 1.13. The lowest BCUT2D eigenvalue weighted by atomic mass is 10.1. The minimum absolute atomic E-state index is 0.116. The van der Waals surface area contributed by atoms with E-state index in [0.717, 1.165) is 4.90 Å². The maximum atomic E-state index is 12.3. The van der Waals surface area contributed by atoms with Gasteiger partial charge in [-0.1, -0.05) is 31.2 Å². The zero-order chi connectivity index (χ0) is 15.1. The fraction of sp³-hybridized carbons (Fsp3) is 0.333. The summed E-state index contributed by atoms with van der Waals surface area (Å²) in [5, 5.41) is 0. The fourth-order valence-electron chi connectivity index (χ4n) is 1.68. The van der Waals surface area contributed by atoms with Crippen LogP contribution in [0.1, 0.15) is 29.3 Å². The predicted molar refractivity (Wildman–Crippen MR) is 80.7 cm³/mol. The van der Waals surface area contributed by atoms with Crippen molar-refractivity contribution in [3.8, 4) is 0 Å². The maximum Gasteiger partial charge on any atom is 0.260 e. The Kier molecular flexibility index (Phi) is 6.31. The van der Waals surface area contributed by atoms with Crippen molar-refractivity contribution in [2.24, 2.45) is 0 Å². The lowest BCUT2D eigenvalue weighted by Crippen LogP contribution is -2.33. The molecule has 1 rings (SSSR count). The van der Waals surface area contributed by atoms with E-state index in [2.05, 4.69) is 6.58 Å². The highest BCUT2D eigenvalue weighted by atomic mass is 32.2. The summed E-state index contributed by atoms with van der Waals surface area (Å²) < 4.78 is 11.7. The van der Waals surface area contributed by atoms with E-state index in [1.807, 2.05) is 6.92 Å². The Morgan fingerprint density at radius 3 is 2.60 bits per heavy atom. The zero-order valence-corrected chi connectivity index (χ0v) is 12.6. The zero-order valence-electron chi connectivity index (χ0n) is 11.8. The third kappa shape index (κ3) is 4.13. The number of nitrogens with zero attached hydrogens (tertiary/aromatic N) is 1.